The van der Waals surface area contributed by atoms with Gasteiger partial charge in [0, 0.05) is 30.9 Å². The van der Waals surface area contributed by atoms with Crippen molar-refractivity contribution in [1.82, 2.24) is 20.4 Å². The van der Waals surface area contributed by atoms with E-state index in [4.69, 9.17) is 5.11 Å². The van der Waals surface area contributed by atoms with Crippen LogP contribution in [0.1, 0.15) is 26.7 Å². The molecule has 1 rings (SSSR count). The molecule has 0 aliphatic carbocycles. The molecule has 2 amide bonds. The third kappa shape index (κ3) is 6.44. The van der Waals surface area contributed by atoms with Crippen molar-refractivity contribution in [3.63, 3.8) is 0 Å². The Balaban J connectivity index is 2.24. The van der Waals surface area contributed by atoms with Crippen molar-refractivity contribution in [3.8, 4) is 0 Å². The number of carbonyl (C=O) groups excluding carboxylic acids is 1. The Labute approximate surface area is 112 Å². The predicted octanol–water partition coefficient (Wildman–Crippen LogP) is 0.824. The Morgan fingerprint density at radius 1 is 1.32 bits per heavy atom. The fraction of sp³-hybridized carbons (Fsp3) is 0.583. The van der Waals surface area contributed by atoms with Gasteiger partial charge in [0.25, 0.3) is 0 Å². The molecule has 0 saturated carbocycles. The van der Waals surface area contributed by atoms with Gasteiger partial charge in [0.1, 0.15) is 0 Å². The summed E-state index contributed by atoms with van der Waals surface area (Å²) in [5.41, 5.74) is 0. The molecule has 1 aromatic heterocycles. The lowest BCUT2D eigenvalue weighted by atomic mass is 10.2. The first-order valence-electron chi connectivity index (χ1n) is 6.23. The molecular weight excluding hydrogens is 248 g/mol. The highest BCUT2D eigenvalue weighted by molar-refractivity contribution is 5.74. The highest BCUT2D eigenvalue weighted by Crippen LogP contribution is 1.96. The van der Waals surface area contributed by atoms with E-state index in [2.05, 4.69) is 15.7 Å². The summed E-state index contributed by atoms with van der Waals surface area (Å²) in [6, 6.07) is 1.29. The zero-order valence-electron chi connectivity index (χ0n) is 11.2. The first kappa shape index (κ1) is 15.0. The molecule has 7 heteroatoms. The predicted molar refractivity (Wildman–Crippen MR) is 69.7 cm³/mol. The number of rotatable bonds is 7. The van der Waals surface area contributed by atoms with Gasteiger partial charge in [-0.15, -0.1) is 0 Å². The minimum atomic E-state index is -0.860. The van der Waals surface area contributed by atoms with E-state index >= 15 is 0 Å². The molecule has 0 radical (unpaired) electrons. The van der Waals surface area contributed by atoms with Crippen LogP contribution < -0.4 is 10.6 Å². The van der Waals surface area contributed by atoms with Crippen LogP contribution in [0.15, 0.2) is 18.5 Å². The number of urea groups is 1. The Morgan fingerprint density at radius 2 is 2.00 bits per heavy atom. The SMILES string of the molecule is CC(CCC(=O)O)NC(=O)NC(C)Cn1cccn1. The van der Waals surface area contributed by atoms with Crippen LogP contribution in [-0.2, 0) is 11.3 Å². The summed E-state index contributed by atoms with van der Waals surface area (Å²) in [6.45, 7) is 4.24. The summed E-state index contributed by atoms with van der Waals surface area (Å²) in [5, 5.41) is 18.1. The topological polar surface area (TPSA) is 96.3 Å². The molecule has 0 fully saturated rings. The van der Waals surface area contributed by atoms with Gasteiger partial charge >= 0.3 is 12.0 Å². The summed E-state index contributed by atoms with van der Waals surface area (Å²) >= 11 is 0. The second-order valence-corrected chi connectivity index (χ2v) is 4.58. The molecule has 19 heavy (non-hydrogen) atoms. The van der Waals surface area contributed by atoms with E-state index in [1.165, 1.54) is 0 Å². The van der Waals surface area contributed by atoms with Gasteiger partial charge in [0.05, 0.1) is 6.54 Å². The number of carboxylic acids is 1. The standard InChI is InChI=1S/C12H20N4O3/c1-9(4-5-11(17)18)14-12(19)15-10(2)8-16-7-3-6-13-16/h3,6-7,9-10H,4-5,8H2,1-2H3,(H,17,18)(H2,14,15,19). The van der Waals surface area contributed by atoms with Crippen LogP contribution in [-0.4, -0.2) is 39.0 Å². The van der Waals surface area contributed by atoms with Gasteiger partial charge in [-0.05, 0) is 26.3 Å². The number of aliphatic carboxylic acids is 1. The molecule has 0 saturated heterocycles. The zero-order chi connectivity index (χ0) is 14.3. The third-order valence-corrected chi connectivity index (χ3v) is 2.57. The van der Waals surface area contributed by atoms with E-state index in [9.17, 15) is 9.59 Å². The Kier molecular flexibility index (Phi) is 5.84. The maximum absolute atomic E-state index is 11.6. The monoisotopic (exact) mass is 268 g/mol. The van der Waals surface area contributed by atoms with Crippen molar-refractivity contribution >= 4 is 12.0 Å². The van der Waals surface area contributed by atoms with E-state index in [1.54, 1.807) is 17.8 Å². The highest BCUT2D eigenvalue weighted by Gasteiger charge is 2.11. The van der Waals surface area contributed by atoms with Crippen molar-refractivity contribution in [2.24, 2.45) is 0 Å². The van der Waals surface area contributed by atoms with Gasteiger partial charge < -0.3 is 15.7 Å². The molecule has 0 aromatic carbocycles. The van der Waals surface area contributed by atoms with E-state index in [-0.39, 0.29) is 24.5 Å². The van der Waals surface area contributed by atoms with Gasteiger partial charge in [0.2, 0.25) is 0 Å². The first-order chi connectivity index (χ1) is 8.97. The van der Waals surface area contributed by atoms with Crippen LogP contribution in [0.5, 0.6) is 0 Å². The van der Waals surface area contributed by atoms with E-state index in [0.29, 0.717) is 13.0 Å². The maximum Gasteiger partial charge on any atom is 0.315 e. The lowest BCUT2D eigenvalue weighted by Crippen LogP contribution is -2.45. The van der Waals surface area contributed by atoms with Crippen molar-refractivity contribution in [2.75, 3.05) is 0 Å². The third-order valence-electron chi connectivity index (χ3n) is 2.57. The number of aromatic nitrogens is 2. The molecule has 0 bridgehead atoms. The number of carboxylic acid groups (broad SMARTS) is 1. The molecule has 2 unspecified atom stereocenters. The first-order valence-corrected chi connectivity index (χ1v) is 6.23. The van der Waals surface area contributed by atoms with E-state index in [0.717, 1.165) is 0 Å². The number of carbonyl (C=O) groups is 2. The number of amides is 2. The maximum atomic E-state index is 11.6. The molecule has 106 valence electrons. The van der Waals surface area contributed by atoms with Gasteiger partial charge in [0.15, 0.2) is 0 Å². The molecule has 0 aliphatic heterocycles. The molecule has 0 spiro atoms. The van der Waals surface area contributed by atoms with Gasteiger partial charge in [-0.3, -0.25) is 9.48 Å². The molecule has 3 N–H and O–H groups in total. The summed E-state index contributed by atoms with van der Waals surface area (Å²) in [6.07, 6.45) is 3.97. The number of hydrogen-bond acceptors (Lipinski definition) is 3. The fourth-order valence-corrected chi connectivity index (χ4v) is 1.64. The minimum absolute atomic E-state index is 0.0459. The summed E-state index contributed by atoms with van der Waals surface area (Å²) < 4.78 is 1.73. The summed E-state index contributed by atoms with van der Waals surface area (Å²) in [7, 11) is 0. The van der Waals surface area contributed by atoms with Crippen LogP contribution in [0, 0.1) is 0 Å². The Bertz CT molecular complexity index is 405. The Morgan fingerprint density at radius 3 is 2.58 bits per heavy atom. The van der Waals surface area contributed by atoms with Crippen molar-refractivity contribution < 1.29 is 14.7 Å². The largest absolute Gasteiger partial charge is 0.481 e. The fourth-order valence-electron chi connectivity index (χ4n) is 1.64. The lowest BCUT2D eigenvalue weighted by molar-refractivity contribution is -0.137. The van der Waals surface area contributed by atoms with Crippen LogP contribution in [0.3, 0.4) is 0 Å². The normalized spacial score (nSPS) is 13.6. The van der Waals surface area contributed by atoms with E-state index in [1.807, 2.05) is 19.2 Å². The summed E-state index contributed by atoms with van der Waals surface area (Å²) in [5.74, 6) is -0.860. The molecule has 0 aliphatic rings. The van der Waals surface area contributed by atoms with E-state index < -0.39 is 5.97 Å². The average molecular weight is 268 g/mol. The number of hydrogen-bond donors (Lipinski definition) is 3. The van der Waals surface area contributed by atoms with Gasteiger partial charge in [-0.2, -0.15) is 5.10 Å². The minimum Gasteiger partial charge on any atom is -0.481 e. The molecule has 1 aromatic rings. The van der Waals surface area contributed by atoms with Crippen LogP contribution >= 0.6 is 0 Å². The van der Waals surface area contributed by atoms with Crippen LogP contribution in [0.2, 0.25) is 0 Å². The van der Waals surface area contributed by atoms with Crippen molar-refractivity contribution in [3.05, 3.63) is 18.5 Å². The van der Waals surface area contributed by atoms with Crippen LogP contribution in [0.4, 0.5) is 4.79 Å². The number of nitrogens with one attached hydrogen (secondary N) is 2. The van der Waals surface area contributed by atoms with Crippen molar-refractivity contribution in [2.45, 2.75) is 45.3 Å². The second-order valence-electron chi connectivity index (χ2n) is 4.58. The average Bonchev–Trinajstić information content (AvgIpc) is 2.78. The molecule has 7 nitrogen and oxygen atoms in total. The van der Waals surface area contributed by atoms with Gasteiger partial charge in [-0.25, -0.2) is 4.79 Å². The molecule has 2 atom stereocenters. The number of nitrogens with zero attached hydrogens (tertiary/aromatic N) is 2. The molecular formula is C12H20N4O3. The second kappa shape index (κ2) is 7.40. The van der Waals surface area contributed by atoms with Gasteiger partial charge in [-0.1, -0.05) is 0 Å². The molecule has 1 heterocycles. The summed E-state index contributed by atoms with van der Waals surface area (Å²) in [4.78, 5) is 22.0. The Hall–Kier alpha value is -2.05. The smallest absolute Gasteiger partial charge is 0.315 e. The lowest BCUT2D eigenvalue weighted by Gasteiger charge is -2.17. The highest BCUT2D eigenvalue weighted by atomic mass is 16.4. The zero-order valence-corrected chi connectivity index (χ0v) is 11.2. The van der Waals surface area contributed by atoms with Crippen molar-refractivity contribution in [1.29, 1.82) is 0 Å². The quantitative estimate of drug-likeness (QED) is 0.682. The van der Waals surface area contributed by atoms with Crippen LogP contribution in [0.25, 0.3) is 0 Å².